The maximum atomic E-state index is 13.4. The van der Waals surface area contributed by atoms with E-state index < -0.39 is 5.82 Å². The predicted octanol–water partition coefficient (Wildman–Crippen LogP) is 1.69. The highest BCUT2D eigenvalue weighted by molar-refractivity contribution is 6.50. The molecule has 1 N–H and O–H groups in total. The van der Waals surface area contributed by atoms with Gasteiger partial charge in [-0.2, -0.15) is 0 Å². The monoisotopic (exact) mass is 214 g/mol. The number of fused-ring (bicyclic) bond motifs is 3. The van der Waals surface area contributed by atoms with Crippen LogP contribution < -0.4 is 5.46 Å². The molecular weight excluding hydrogens is 206 g/mol. The zero-order valence-electron chi connectivity index (χ0n) is 8.40. The van der Waals surface area contributed by atoms with Crippen LogP contribution in [0.2, 0.25) is 0 Å². The van der Waals surface area contributed by atoms with Crippen molar-refractivity contribution >= 4 is 34.9 Å². The second-order valence-electron chi connectivity index (χ2n) is 3.66. The van der Waals surface area contributed by atoms with Crippen molar-refractivity contribution < 1.29 is 13.8 Å². The first-order chi connectivity index (χ1) is 7.81. The number of para-hydroxylation sites is 1. The molecule has 2 nitrogen and oxygen atoms in total. The molecule has 4 heteroatoms. The fourth-order valence-electron chi connectivity index (χ4n) is 1.97. The van der Waals surface area contributed by atoms with E-state index in [0.29, 0.717) is 11.2 Å². The van der Waals surface area contributed by atoms with Crippen LogP contribution in [0.25, 0.3) is 21.9 Å². The molecule has 0 spiro atoms. The van der Waals surface area contributed by atoms with Gasteiger partial charge in [-0.15, -0.1) is 0 Å². The Morgan fingerprint density at radius 2 is 1.88 bits per heavy atom. The van der Waals surface area contributed by atoms with Crippen LogP contribution in [0.15, 0.2) is 40.8 Å². The molecule has 0 unspecified atom stereocenters. The first-order valence-corrected chi connectivity index (χ1v) is 5.01. The molecule has 2 aromatic carbocycles. The Morgan fingerprint density at radius 1 is 1.06 bits per heavy atom. The van der Waals surface area contributed by atoms with Crippen LogP contribution in [-0.4, -0.2) is 12.5 Å². The Labute approximate surface area is 91.6 Å². The minimum Gasteiger partial charge on any atom is -0.456 e. The third-order valence-electron chi connectivity index (χ3n) is 2.75. The average molecular weight is 214 g/mol. The van der Waals surface area contributed by atoms with Crippen LogP contribution in [0.4, 0.5) is 4.39 Å². The van der Waals surface area contributed by atoms with Gasteiger partial charge in [-0.25, -0.2) is 4.39 Å². The highest BCUT2D eigenvalue weighted by atomic mass is 19.1. The summed E-state index contributed by atoms with van der Waals surface area (Å²) < 4.78 is 19.0. The zero-order valence-corrected chi connectivity index (χ0v) is 8.40. The highest BCUT2D eigenvalue weighted by Gasteiger charge is 2.14. The maximum Gasteiger partial charge on any atom is 0.312 e. The number of benzene rings is 2. The first kappa shape index (κ1) is 9.42. The lowest BCUT2D eigenvalue weighted by Gasteiger charge is -1.97. The summed E-state index contributed by atoms with van der Waals surface area (Å²) in [5.74, 6) is -0.436. The summed E-state index contributed by atoms with van der Waals surface area (Å²) in [5.41, 5.74) is 1.36. The number of hydrogen-bond acceptors (Lipinski definition) is 2. The molecule has 3 aromatic rings. The Balaban J connectivity index is 2.54. The second kappa shape index (κ2) is 3.35. The fourth-order valence-corrected chi connectivity index (χ4v) is 1.97. The van der Waals surface area contributed by atoms with Crippen molar-refractivity contribution in [3.05, 3.63) is 42.2 Å². The lowest BCUT2D eigenvalue weighted by Crippen LogP contribution is -2.18. The van der Waals surface area contributed by atoms with E-state index in [4.69, 9.17) is 9.44 Å². The zero-order chi connectivity index (χ0) is 11.1. The molecule has 0 atom stereocenters. The Kier molecular flexibility index (Phi) is 1.97. The van der Waals surface area contributed by atoms with E-state index in [1.54, 1.807) is 6.07 Å². The molecule has 1 heterocycles. The van der Waals surface area contributed by atoms with Gasteiger partial charge in [0.2, 0.25) is 0 Å². The highest BCUT2D eigenvalue weighted by Crippen LogP contribution is 2.27. The maximum absolute atomic E-state index is 13.4. The molecule has 0 fully saturated rings. The van der Waals surface area contributed by atoms with Crippen LogP contribution in [-0.2, 0) is 0 Å². The van der Waals surface area contributed by atoms with Crippen molar-refractivity contribution in [2.24, 2.45) is 0 Å². The molecule has 3 rings (SSSR count). The van der Waals surface area contributed by atoms with Gasteiger partial charge in [-0.3, -0.25) is 0 Å². The number of hydrogen-bond donors (Lipinski definition) is 1. The van der Waals surface area contributed by atoms with E-state index in [1.807, 2.05) is 24.3 Å². The molecule has 0 amide bonds. The Bertz CT molecular complexity index is 675. The third kappa shape index (κ3) is 1.17. The van der Waals surface area contributed by atoms with Crippen LogP contribution in [0.1, 0.15) is 0 Å². The summed E-state index contributed by atoms with van der Waals surface area (Å²) in [6.45, 7) is 0. The quantitative estimate of drug-likeness (QED) is 0.625. The summed E-state index contributed by atoms with van der Waals surface area (Å²) in [7, 11) is -0.358. The molecule has 0 bridgehead atoms. The largest absolute Gasteiger partial charge is 0.456 e. The minimum atomic E-state index is -0.436. The van der Waals surface area contributed by atoms with Gasteiger partial charge in [0.15, 0.2) is 0 Å². The van der Waals surface area contributed by atoms with E-state index in [0.717, 1.165) is 10.8 Å². The molecule has 1 aromatic heterocycles. The molecule has 0 saturated carbocycles. The van der Waals surface area contributed by atoms with Crippen LogP contribution >= 0.6 is 0 Å². The van der Waals surface area contributed by atoms with Gasteiger partial charge >= 0.3 is 7.48 Å². The van der Waals surface area contributed by atoms with Gasteiger partial charge in [0, 0.05) is 16.2 Å². The summed E-state index contributed by atoms with van der Waals surface area (Å²) >= 11 is 0. The van der Waals surface area contributed by atoms with Gasteiger partial charge < -0.3 is 9.44 Å². The van der Waals surface area contributed by atoms with Gasteiger partial charge in [0.25, 0.3) is 0 Å². The molecule has 0 radical (unpaired) electrons. The van der Waals surface area contributed by atoms with Gasteiger partial charge in [-0.05, 0) is 18.2 Å². The standard InChI is InChI=1S/C12H8BFO2/c14-9-6-5-8-7-3-1-2-4-10(7)16-12(8)11(9)13-15/h1-6,13,15H. The topological polar surface area (TPSA) is 33.4 Å². The van der Waals surface area contributed by atoms with Crippen molar-refractivity contribution in [3.8, 4) is 0 Å². The van der Waals surface area contributed by atoms with Gasteiger partial charge in [-0.1, -0.05) is 18.2 Å². The van der Waals surface area contributed by atoms with Gasteiger partial charge in [0.1, 0.15) is 17.0 Å². The van der Waals surface area contributed by atoms with E-state index in [1.165, 1.54) is 6.07 Å². The van der Waals surface area contributed by atoms with E-state index in [9.17, 15) is 4.39 Å². The van der Waals surface area contributed by atoms with E-state index in [-0.39, 0.29) is 12.9 Å². The smallest absolute Gasteiger partial charge is 0.312 e. The molecule has 0 aliphatic carbocycles. The Hall–Kier alpha value is -1.81. The number of furan rings is 1. The lowest BCUT2D eigenvalue weighted by molar-refractivity contribution is 0.598. The minimum absolute atomic E-state index is 0.216. The number of rotatable bonds is 1. The summed E-state index contributed by atoms with van der Waals surface area (Å²) in [6, 6.07) is 10.5. The normalized spacial score (nSPS) is 11.1. The van der Waals surface area contributed by atoms with Crippen molar-refractivity contribution in [2.75, 3.05) is 0 Å². The molecule has 0 aliphatic rings. The van der Waals surface area contributed by atoms with E-state index >= 15 is 0 Å². The van der Waals surface area contributed by atoms with E-state index in [2.05, 4.69) is 0 Å². The third-order valence-corrected chi connectivity index (χ3v) is 2.75. The molecule has 0 aliphatic heterocycles. The predicted molar refractivity (Wildman–Crippen MR) is 62.7 cm³/mol. The van der Waals surface area contributed by atoms with Crippen LogP contribution in [0, 0.1) is 5.82 Å². The first-order valence-electron chi connectivity index (χ1n) is 5.01. The van der Waals surface area contributed by atoms with Gasteiger partial charge in [0.05, 0.1) is 0 Å². The molecule has 78 valence electrons. The summed E-state index contributed by atoms with van der Waals surface area (Å²) in [6.07, 6.45) is 0. The van der Waals surface area contributed by atoms with Crippen LogP contribution in [0.3, 0.4) is 0 Å². The molecular formula is C12H8BFO2. The number of halogens is 1. The second-order valence-corrected chi connectivity index (χ2v) is 3.66. The summed E-state index contributed by atoms with van der Waals surface area (Å²) in [4.78, 5) is 0. The van der Waals surface area contributed by atoms with Crippen LogP contribution in [0.5, 0.6) is 0 Å². The lowest BCUT2D eigenvalue weighted by atomic mass is 9.86. The molecule has 16 heavy (non-hydrogen) atoms. The van der Waals surface area contributed by atoms with Crippen molar-refractivity contribution in [2.45, 2.75) is 0 Å². The van der Waals surface area contributed by atoms with Crippen molar-refractivity contribution in [3.63, 3.8) is 0 Å². The molecule has 0 saturated heterocycles. The van der Waals surface area contributed by atoms with Crippen molar-refractivity contribution in [1.29, 1.82) is 0 Å². The van der Waals surface area contributed by atoms with Crippen molar-refractivity contribution in [1.82, 2.24) is 0 Å². The average Bonchev–Trinajstić information content (AvgIpc) is 2.67. The Morgan fingerprint density at radius 3 is 2.69 bits per heavy atom. The fraction of sp³-hybridized carbons (Fsp3) is 0. The summed E-state index contributed by atoms with van der Waals surface area (Å²) in [5, 5.41) is 10.9. The SMILES string of the molecule is OBc1c(F)ccc2c1oc1ccccc12.